The van der Waals surface area contributed by atoms with Gasteiger partial charge in [-0.25, -0.2) is 0 Å². The Labute approximate surface area is 374 Å². The molecular formula is C51H56O13. The van der Waals surface area contributed by atoms with Gasteiger partial charge in [0.1, 0.15) is 36.6 Å². The van der Waals surface area contributed by atoms with Gasteiger partial charge in [-0.15, -0.1) is 0 Å². The lowest BCUT2D eigenvalue weighted by Crippen LogP contribution is -2.64. The molecule has 2 heterocycles. The summed E-state index contributed by atoms with van der Waals surface area (Å²) in [7, 11) is 0. The van der Waals surface area contributed by atoms with Gasteiger partial charge in [0.25, 0.3) is 0 Å². The van der Waals surface area contributed by atoms with Gasteiger partial charge in [0.2, 0.25) is 0 Å². The van der Waals surface area contributed by atoms with E-state index in [4.69, 9.17) is 47.4 Å². The summed E-state index contributed by atoms with van der Waals surface area (Å²) >= 11 is 0. The number of hydrogen-bond acceptors (Lipinski definition) is 13. The van der Waals surface area contributed by atoms with Gasteiger partial charge in [-0.2, -0.15) is 0 Å². The van der Waals surface area contributed by atoms with Crippen molar-refractivity contribution in [2.75, 3.05) is 13.2 Å². The molecule has 0 unspecified atom stereocenters. The minimum absolute atomic E-state index is 0.0623. The fraction of sp³-hybridized carbons (Fsp3) is 0.373. The lowest BCUT2D eigenvalue weighted by Gasteiger charge is -2.47. The van der Waals surface area contributed by atoms with Crippen LogP contribution in [0, 0.1) is 0 Å². The van der Waals surface area contributed by atoms with E-state index in [1.54, 1.807) is 0 Å². The number of ether oxygens (including phenoxy) is 10. The standard InChI is InChI=1S/C51H56O13/c1-35(52)61-45-42(33-55-28-37-18-8-3-9-19-37)64-51(49(47(45)62-36(2)53)59-32-41-26-16-7-17-27-41)60-34-43-44(56-29-38-20-10-4-11-21-38)46(57-30-39-22-12-5-13-23-39)48(50(54)63-43)58-31-40-24-14-6-15-25-40/h3-27,42-51,54H,28-34H2,1-2H3/t42-,43-,44-,45+,46+,47+,48-,49-,50+,51+/m1/s1. The average Bonchev–Trinajstić information content (AvgIpc) is 3.31. The van der Waals surface area contributed by atoms with Crippen molar-refractivity contribution in [3.63, 3.8) is 0 Å². The largest absolute Gasteiger partial charge is 0.456 e. The van der Waals surface area contributed by atoms with Crippen LogP contribution in [0.4, 0.5) is 0 Å². The second kappa shape index (κ2) is 24.1. The highest BCUT2D eigenvalue weighted by atomic mass is 16.7. The predicted molar refractivity (Wildman–Crippen MR) is 233 cm³/mol. The molecule has 13 heteroatoms. The average molecular weight is 877 g/mol. The molecule has 2 aliphatic heterocycles. The molecule has 0 aliphatic carbocycles. The molecule has 7 rings (SSSR count). The summed E-state index contributed by atoms with van der Waals surface area (Å²) in [5, 5.41) is 11.8. The van der Waals surface area contributed by atoms with E-state index in [0.29, 0.717) is 0 Å². The van der Waals surface area contributed by atoms with Crippen LogP contribution in [0.15, 0.2) is 152 Å². The summed E-state index contributed by atoms with van der Waals surface area (Å²) in [6.07, 6.45) is -10.8. The summed E-state index contributed by atoms with van der Waals surface area (Å²) in [5.41, 5.74) is 4.46. The zero-order valence-corrected chi connectivity index (χ0v) is 36.0. The fourth-order valence-electron chi connectivity index (χ4n) is 7.70. The van der Waals surface area contributed by atoms with Crippen LogP contribution < -0.4 is 0 Å². The van der Waals surface area contributed by atoms with Crippen LogP contribution >= 0.6 is 0 Å². The van der Waals surface area contributed by atoms with Crippen molar-refractivity contribution in [1.29, 1.82) is 0 Å². The van der Waals surface area contributed by atoms with Crippen molar-refractivity contribution in [3.8, 4) is 0 Å². The maximum absolute atomic E-state index is 12.8. The number of hydrogen-bond donors (Lipinski definition) is 1. The van der Waals surface area contributed by atoms with Crippen LogP contribution in [0.3, 0.4) is 0 Å². The summed E-state index contributed by atoms with van der Waals surface area (Å²) < 4.78 is 63.8. The second-order valence-electron chi connectivity index (χ2n) is 15.6. The normalized spacial score (nSPS) is 25.6. The molecule has 0 amide bonds. The molecule has 0 saturated carbocycles. The summed E-state index contributed by atoms with van der Waals surface area (Å²) in [5.74, 6) is -1.25. The van der Waals surface area contributed by atoms with Crippen LogP contribution in [0.25, 0.3) is 0 Å². The molecule has 0 radical (unpaired) electrons. The lowest BCUT2D eigenvalue weighted by molar-refractivity contribution is -0.343. The molecular weight excluding hydrogens is 821 g/mol. The van der Waals surface area contributed by atoms with Crippen molar-refractivity contribution >= 4 is 11.9 Å². The predicted octanol–water partition coefficient (Wildman–Crippen LogP) is 6.87. The van der Waals surface area contributed by atoms with Crippen molar-refractivity contribution in [3.05, 3.63) is 179 Å². The molecule has 2 aliphatic rings. The van der Waals surface area contributed by atoms with Crippen molar-refractivity contribution in [2.45, 2.75) is 108 Å². The maximum Gasteiger partial charge on any atom is 0.303 e. The zero-order chi connectivity index (χ0) is 44.5. The molecule has 10 atom stereocenters. The van der Waals surface area contributed by atoms with Crippen LogP contribution in [0.1, 0.15) is 41.7 Å². The van der Waals surface area contributed by atoms with E-state index >= 15 is 0 Å². The Bertz CT molecular complexity index is 2110. The van der Waals surface area contributed by atoms with E-state index in [-0.39, 0.29) is 46.2 Å². The van der Waals surface area contributed by atoms with Crippen LogP contribution in [0.2, 0.25) is 0 Å². The first kappa shape index (κ1) is 46.7. The molecule has 5 aromatic rings. The van der Waals surface area contributed by atoms with Gasteiger partial charge in [0.15, 0.2) is 24.8 Å². The Morgan fingerprint density at radius 3 is 1.25 bits per heavy atom. The van der Waals surface area contributed by atoms with E-state index in [9.17, 15) is 14.7 Å². The highest BCUT2D eigenvalue weighted by molar-refractivity contribution is 5.67. The summed E-state index contributed by atoms with van der Waals surface area (Å²) in [6.45, 7) is 3.11. The highest BCUT2D eigenvalue weighted by Crippen LogP contribution is 2.34. The number of rotatable bonds is 21. The van der Waals surface area contributed by atoms with Crippen LogP contribution in [0.5, 0.6) is 0 Å². The molecule has 5 aromatic carbocycles. The van der Waals surface area contributed by atoms with Gasteiger partial charge in [-0.3, -0.25) is 9.59 Å². The molecule has 64 heavy (non-hydrogen) atoms. The molecule has 2 saturated heterocycles. The topological polar surface area (TPSA) is 147 Å². The van der Waals surface area contributed by atoms with Gasteiger partial charge in [-0.1, -0.05) is 152 Å². The second-order valence-corrected chi connectivity index (χ2v) is 15.6. The fourth-order valence-corrected chi connectivity index (χ4v) is 7.70. The van der Waals surface area contributed by atoms with E-state index in [1.165, 1.54) is 13.8 Å². The number of esters is 2. The summed E-state index contributed by atoms with van der Waals surface area (Å²) in [6, 6.07) is 48.0. The Kier molecular flexibility index (Phi) is 17.6. The van der Waals surface area contributed by atoms with Crippen molar-refractivity contribution < 1.29 is 62.1 Å². The summed E-state index contributed by atoms with van der Waals surface area (Å²) in [4.78, 5) is 25.4. The van der Waals surface area contributed by atoms with Crippen molar-refractivity contribution in [2.24, 2.45) is 0 Å². The third kappa shape index (κ3) is 13.6. The molecule has 0 aromatic heterocycles. The molecule has 13 nitrogen and oxygen atoms in total. The van der Waals surface area contributed by atoms with E-state index in [2.05, 4.69) is 0 Å². The number of aliphatic hydroxyl groups is 1. The van der Waals surface area contributed by atoms with E-state index in [0.717, 1.165) is 27.8 Å². The molecule has 338 valence electrons. The molecule has 0 spiro atoms. The quantitative estimate of drug-likeness (QED) is 0.0767. The SMILES string of the molecule is CC(=O)O[C@H]1[C@@H](OC(C)=O)[C@@H](COCc2ccccc2)O[C@H](OC[C@H]2O[C@H](O)[C@H](OCc3ccccc3)[C@@H](OCc3ccccc3)[C@@H]2OCc2ccccc2)[C@@H]1OCc1ccccc1. The van der Waals surface area contributed by atoms with E-state index in [1.807, 2.05) is 152 Å². The minimum Gasteiger partial charge on any atom is -0.456 e. The Hall–Kier alpha value is -5.32. The first-order valence-corrected chi connectivity index (χ1v) is 21.5. The first-order chi connectivity index (χ1) is 31.3. The van der Waals surface area contributed by atoms with Gasteiger partial charge < -0.3 is 52.5 Å². The van der Waals surface area contributed by atoms with Gasteiger partial charge in [0.05, 0.1) is 46.2 Å². The minimum atomic E-state index is -1.46. The molecule has 1 N–H and O–H groups in total. The molecule has 0 bridgehead atoms. The number of benzene rings is 5. The Morgan fingerprint density at radius 1 is 0.422 bits per heavy atom. The number of carbonyl (C=O) groups is 2. The smallest absolute Gasteiger partial charge is 0.303 e. The maximum atomic E-state index is 12.8. The molecule has 2 fully saturated rings. The van der Waals surface area contributed by atoms with Crippen molar-refractivity contribution in [1.82, 2.24) is 0 Å². The first-order valence-electron chi connectivity index (χ1n) is 21.5. The van der Waals surface area contributed by atoms with Crippen LogP contribution in [-0.2, 0) is 90.0 Å². The van der Waals surface area contributed by atoms with Gasteiger partial charge in [-0.05, 0) is 27.8 Å². The number of carbonyl (C=O) groups excluding carboxylic acids is 2. The monoisotopic (exact) mass is 876 g/mol. The van der Waals surface area contributed by atoms with E-state index < -0.39 is 73.4 Å². The number of aliphatic hydroxyl groups excluding tert-OH is 1. The van der Waals surface area contributed by atoms with Gasteiger partial charge >= 0.3 is 11.9 Å². The Morgan fingerprint density at radius 2 is 0.797 bits per heavy atom. The third-order valence-electron chi connectivity index (χ3n) is 10.8. The lowest BCUT2D eigenvalue weighted by atomic mass is 9.97. The third-order valence-corrected chi connectivity index (χ3v) is 10.8. The van der Waals surface area contributed by atoms with Crippen LogP contribution in [-0.4, -0.2) is 91.7 Å². The highest BCUT2D eigenvalue weighted by Gasteiger charge is 2.53. The zero-order valence-electron chi connectivity index (χ0n) is 36.0. The van der Waals surface area contributed by atoms with Gasteiger partial charge in [0, 0.05) is 13.8 Å². The Balaban J connectivity index is 1.19.